The summed E-state index contributed by atoms with van der Waals surface area (Å²) in [5.74, 6) is -0.236. The third kappa shape index (κ3) is 203. The van der Waals surface area contributed by atoms with Crippen molar-refractivity contribution in [3.63, 3.8) is 0 Å². The molecule has 3 amide bonds. The number of ether oxygens (including phenoxy) is 5. The maximum absolute atomic E-state index is 9.92. The molecule has 0 unspecified atom stereocenters. The Labute approximate surface area is 344 Å². The Morgan fingerprint density at radius 3 is 0.821 bits per heavy atom. The molecule has 56 heavy (non-hydrogen) atoms. The topological polar surface area (TPSA) is 303 Å². The standard InChI is InChI=1S/C3H7NO2.2C3H7NO.C3H6O3.C3H6O2.C2H7N.C2H6O4S.C2H6O3P.C2H6O3S.C2H6O.C2H6S.CH4/c1-4-3(5)6-2;2*1-3(5)4-2;1-5-3(4)6-2;1-3(4)5-2;1-3-2;1-5-7(3,4)6-2;2*1-4-6(3)5-2;2*1-3-2;/h1-2H3,(H,4,5);2*1-2H3,(H,4,5);1-2H3;1-2H3;3H,1-2H3;1-2H3;2*1-2H3;2*1-2H3;1H4/q;;;;;;;+1;;;;. The summed E-state index contributed by atoms with van der Waals surface area (Å²) in [5.41, 5.74) is 0. The van der Waals surface area contributed by atoms with Crippen molar-refractivity contribution in [1.29, 1.82) is 0 Å². The van der Waals surface area contributed by atoms with E-state index in [0.29, 0.717) is 0 Å². The fraction of sp³-hybridized carbons (Fsp3) is 0.821. The van der Waals surface area contributed by atoms with Crippen LogP contribution >= 0.6 is 20.0 Å². The van der Waals surface area contributed by atoms with Gasteiger partial charge in [0.1, 0.15) is 0 Å². The van der Waals surface area contributed by atoms with Crippen molar-refractivity contribution in [3.8, 4) is 0 Å². The molecule has 0 aliphatic carbocycles. The van der Waals surface area contributed by atoms with Crippen molar-refractivity contribution in [2.45, 2.75) is 28.2 Å². The van der Waals surface area contributed by atoms with Gasteiger partial charge in [-0.05, 0) is 26.6 Å². The predicted molar refractivity (Wildman–Crippen MR) is 219 cm³/mol. The van der Waals surface area contributed by atoms with Crippen LogP contribution in [0.3, 0.4) is 0 Å². The van der Waals surface area contributed by atoms with Crippen molar-refractivity contribution in [3.05, 3.63) is 0 Å². The van der Waals surface area contributed by atoms with E-state index in [1.54, 1.807) is 40.1 Å². The summed E-state index contributed by atoms with van der Waals surface area (Å²) in [6.45, 7) is 4.31. The molecule has 0 saturated heterocycles. The van der Waals surface area contributed by atoms with Crippen LogP contribution in [0.15, 0.2) is 0 Å². The number of amides is 3. The average Bonchev–Trinajstić information content (AvgIpc) is 3.18. The van der Waals surface area contributed by atoms with Crippen molar-refractivity contribution < 1.29 is 90.6 Å². The minimum absolute atomic E-state index is 0. The molecule has 348 valence electrons. The van der Waals surface area contributed by atoms with Gasteiger partial charge in [-0.25, -0.2) is 9.59 Å². The summed E-state index contributed by atoms with van der Waals surface area (Å²) < 4.78 is 84.5. The minimum Gasteiger partial charge on any atom is -0.469 e. The van der Waals surface area contributed by atoms with Crippen molar-refractivity contribution >= 4 is 71.8 Å². The molecule has 0 radical (unpaired) electrons. The predicted octanol–water partition coefficient (Wildman–Crippen LogP) is 2.09. The van der Waals surface area contributed by atoms with Crippen LogP contribution in [0.4, 0.5) is 9.59 Å². The number of thioether (sulfide) groups is 1. The minimum atomic E-state index is -3.66. The van der Waals surface area contributed by atoms with Gasteiger partial charge in [0.15, 0.2) is 0 Å². The monoisotopic (exact) mass is 913 g/mol. The van der Waals surface area contributed by atoms with E-state index >= 15 is 0 Å². The van der Waals surface area contributed by atoms with Crippen molar-refractivity contribution in [1.82, 2.24) is 21.3 Å². The molecule has 4 N–H and O–H groups in total. The van der Waals surface area contributed by atoms with Crippen LogP contribution in [0, 0.1) is 0 Å². The summed E-state index contributed by atoms with van der Waals surface area (Å²) >= 11 is 0.216. The summed E-state index contributed by atoms with van der Waals surface area (Å²) in [4.78, 5) is 48.6. The Morgan fingerprint density at radius 1 is 0.589 bits per heavy atom. The fourth-order valence-corrected chi connectivity index (χ4v) is 0.817. The van der Waals surface area contributed by atoms with Gasteiger partial charge < -0.3 is 45.0 Å². The number of rotatable bonds is 6. The molecule has 0 spiro atoms. The summed E-state index contributed by atoms with van der Waals surface area (Å²) in [7, 11) is 18.7. The number of nitrogens with one attached hydrogen (secondary N) is 4. The van der Waals surface area contributed by atoms with Gasteiger partial charge >= 0.3 is 48.2 Å². The second kappa shape index (κ2) is 84.7. The van der Waals surface area contributed by atoms with Crippen LogP contribution in [-0.2, 0) is 90.2 Å². The van der Waals surface area contributed by atoms with Crippen LogP contribution < -0.4 is 21.3 Å². The zero-order valence-corrected chi connectivity index (χ0v) is 39.7. The van der Waals surface area contributed by atoms with Gasteiger partial charge in [0.05, 0.1) is 71.1 Å². The van der Waals surface area contributed by atoms with Gasteiger partial charge in [-0.15, -0.1) is 9.05 Å². The largest absolute Gasteiger partial charge is 0.696 e. The SMILES string of the molecule is C.CNC.CNC(=O)OC.CNC(C)=O.CNC(C)=O.COC.COC(=O)OC.COC(C)=O.COS(=O)(=O)OC.COS(=O)OC.CO[P+](=O)OC.CSC. The van der Waals surface area contributed by atoms with Crippen LogP contribution in [0.25, 0.3) is 0 Å². The van der Waals surface area contributed by atoms with Crippen LogP contribution in [0.5, 0.6) is 0 Å². The Hall–Kier alpha value is -2.82. The molecule has 0 aromatic heterocycles. The number of carbonyl (C=O) groups is 5. The molecule has 24 nitrogen and oxygen atoms in total. The van der Waals surface area contributed by atoms with E-state index in [2.05, 4.69) is 70.7 Å². The van der Waals surface area contributed by atoms with E-state index in [0.717, 1.165) is 14.2 Å². The number of carbonyl (C=O) groups excluding carboxylic acids is 5. The normalized spacial score (nSPS) is 7.70. The highest BCUT2D eigenvalue weighted by molar-refractivity contribution is 7.97. The third-order valence-corrected chi connectivity index (χ3v) is 4.65. The Bertz CT molecular complexity index is 805. The number of alkyl carbamates (subject to hydrolysis) is 1. The Morgan fingerprint density at radius 2 is 0.821 bits per heavy atom. The molecule has 0 heterocycles. The lowest BCUT2D eigenvalue weighted by atomic mass is 10.7. The molecule has 0 rings (SSSR count). The van der Waals surface area contributed by atoms with E-state index in [1.165, 1.54) is 84.7 Å². The summed E-state index contributed by atoms with van der Waals surface area (Å²) in [6.07, 6.45) is 3.02. The van der Waals surface area contributed by atoms with Crippen LogP contribution in [0.2, 0.25) is 0 Å². The van der Waals surface area contributed by atoms with Gasteiger partial charge in [0.2, 0.25) is 11.8 Å². The molecule has 0 aromatic rings. The van der Waals surface area contributed by atoms with Gasteiger partial charge in [-0.2, -0.15) is 24.4 Å². The lowest BCUT2D eigenvalue weighted by Gasteiger charge is -1.91. The molecule has 0 bridgehead atoms. The molecule has 0 saturated carbocycles. The van der Waals surface area contributed by atoms with E-state index in [-0.39, 0.29) is 25.2 Å². The molecular weight excluding hydrogens is 839 g/mol. The van der Waals surface area contributed by atoms with E-state index < -0.39 is 42.3 Å². The second-order valence-electron chi connectivity index (χ2n) is 6.89. The number of esters is 1. The molecule has 28 heteroatoms. The van der Waals surface area contributed by atoms with Gasteiger partial charge in [-0.3, -0.25) is 31.1 Å². The molecule has 0 aliphatic rings. The van der Waals surface area contributed by atoms with Crippen LogP contribution in [-0.4, -0.2) is 176 Å². The summed E-state index contributed by atoms with van der Waals surface area (Å²) in [5, 5.41) is 9.78. The first-order valence-electron chi connectivity index (χ1n) is 14.0. The zero-order chi connectivity index (χ0) is 46.9. The smallest absolute Gasteiger partial charge is 0.469 e. The quantitative estimate of drug-likeness (QED) is 0.168. The Kier molecular flexibility index (Phi) is 129. The van der Waals surface area contributed by atoms with Crippen molar-refractivity contribution in [2.75, 3.05) is 133 Å². The highest BCUT2D eigenvalue weighted by atomic mass is 32.3. The average molecular weight is 914 g/mol. The van der Waals surface area contributed by atoms with Gasteiger partial charge in [0.25, 0.3) is 0 Å². The molecule has 0 atom stereocenters. The maximum Gasteiger partial charge on any atom is 0.696 e. The maximum atomic E-state index is 9.92. The van der Waals surface area contributed by atoms with Gasteiger partial charge in [-0.1, -0.05) is 7.43 Å². The highest BCUT2D eigenvalue weighted by Crippen LogP contribution is 2.18. The first-order chi connectivity index (χ1) is 25.4. The Balaban J connectivity index is -0.0000000383. The first kappa shape index (κ1) is 85.4. The van der Waals surface area contributed by atoms with Crippen LogP contribution in [0.1, 0.15) is 28.2 Å². The van der Waals surface area contributed by atoms with Gasteiger partial charge in [0, 0.05) is 60.7 Å². The van der Waals surface area contributed by atoms with E-state index in [4.69, 9.17) is 0 Å². The lowest BCUT2D eigenvalue weighted by molar-refractivity contribution is -0.138. The third-order valence-electron chi connectivity index (χ3n) is 2.69. The number of hydrogen-bond acceptors (Lipinski definition) is 22. The molecule has 0 aliphatic heterocycles. The van der Waals surface area contributed by atoms with Crippen molar-refractivity contribution in [2.24, 2.45) is 0 Å². The first-order valence-corrected chi connectivity index (χ1v) is 19.1. The highest BCUT2D eigenvalue weighted by Gasteiger charge is 2.10. The fourth-order valence-electron chi connectivity index (χ4n) is 0.396. The van der Waals surface area contributed by atoms with E-state index in [9.17, 15) is 41.2 Å². The second-order valence-corrected chi connectivity index (χ2v) is 11.4. The summed E-state index contributed by atoms with van der Waals surface area (Å²) in [6, 6.07) is 0. The lowest BCUT2D eigenvalue weighted by Crippen LogP contribution is -2.16. The molecular formula is C28H74N4O20PS3+. The zero-order valence-electron chi connectivity index (χ0n) is 36.3. The molecule has 0 aromatic carbocycles. The van der Waals surface area contributed by atoms with E-state index in [1.807, 2.05) is 26.6 Å². The molecule has 0 fully saturated rings. The number of methoxy groups -OCH3 is 5. The number of hydrogen-bond donors (Lipinski definition) is 4.